The molecule has 0 atom stereocenters. The van der Waals surface area contributed by atoms with E-state index in [0.717, 1.165) is 30.0 Å². The van der Waals surface area contributed by atoms with Gasteiger partial charge in [0.1, 0.15) is 11.4 Å². The Morgan fingerprint density at radius 1 is 1.07 bits per heavy atom. The van der Waals surface area contributed by atoms with Gasteiger partial charge in [0.15, 0.2) is 0 Å². The molecule has 0 unspecified atom stereocenters. The minimum atomic E-state index is -0.122. The normalized spacial score (nSPS) is 10.6. The Morgan fingerprint density at radius 3 is 2.50 bits per heavy atom. The van der Waals surface area contributed by atoms with Crippen LogP contribution in [-0.2, 0) is 6.54 Å². The largest absolute Gasteiger partial charge is 0.497 e. The smallest absolute Gasteiger partial charge is 0.255 e. The summed E-state index contributed by atoms with van der Waals surface area (Å²) in [6.45, 7) is 4.82. The van der Waals surface area contributed by atoms with E-state index in [1.165, 1.54) is 0 Å². The molecule has 0 aliphatic rings. The van der Waals surface area contributed by atoms with Crippen molar-refractivity contribution in [2.45, 2.75) is 13.5 Å². The molecule has 0 fully saturated rings. The Bertz CT molecular complexity index is 889. The molecule has 2 N–H and O–H groups in total. The summed E-state index contributed by atoms with van der Waals surface area (Å²) < 4.78 is 7.04. The van der Waals surface area contributed by atoms with Gasteiger partial charge in [-0.25, -0.2) is 0 Å². The summed E-state index contributed by atoms with van der Waals surface area (Å²) in [5, 5.41) is 10.9. The first kappa shape index (κ1) is 19.6. The molecule has 146 valence electrons. The standard InChI is InChI=1S/C22H26N4O2/c1-3-23-13-14-24-22(27)20-16-26(15-17-7-5-4-6-8-17)25-21(20)18-9-11-19(28-2)12-10-18/h4-12,16,23H,3,13-15H2,1-2H3,(H,24,27). The number of likely N-dealkylation sites (N-methyl/N-ethyl adjacent to an activating group) is 1. The third-order valence-electron chi connectivity index (χ3n) is 4.39. The van der Waals surface area contributed by atoms with Crippen molar-refractivity contribution in [3.63, 3.8) is 0 Å². The molecule has 0 saturated carbocycles. The van der Waals surface area contributed by atoms with Crippen LogP contribution in [0.5, 0.6) is 5.75 Å². The van der Waals surface area contributed by atoms with Crippen LogP contribution in [0.25, 0.3) is 11.3 Å². The van der Waals surface area contributed by atoms with Crippen LogP contribution in [-0.4, -0.2) is 42.4 Å². The van der Waals surface area contributed by atoms with Gasteiger partial charge >= 0.3 is 0 Å². The highest BCUT2D eigenvalue weighted by atomic mass is 16.5. The number of carbonyl (C=O) groups is 1. The summed E-state index contributed by atoms with van der Waals surface area (Å²) in [7, 11) is 1.63. The second kappa shape index (κ2) is 9.71. The molecular weight excluding hydrogens is 352 g/mol. The van der Waals surface area contributed by atoms with Crippen LogP contribution in [0.3, 0.4) is 0 Å². The van der Waals surface area contributed by atoms with E-state index < -0.39 is 0 Å². The summed E-state index contributed by atoms with van der Waals surface area (Å²) in [5.74, 6) is 0.646. The Labute approximate surface area is 165 Å². The lowest BCUT2D eigenvalue weighted by Crippen LogP contribution is -2.31. The van der Waals surface area contributed by atoms with Crippen molar-refractivity contribution in [1.82, 2.24) is 20.4 Å². The fourth-order valence-electron chi connectivity index (χ4n) is 2.94. The Balaban J connectivity index is 1.87. The van der Waals surface area contributed by atoms with Crippen LogP contribution in [0.2, 0.25) is 0 Å². The third-order valence-corrected chi connectivity index (χ3v) is 4.39. The monoisotopic (exact) mass is 378 g/mol. The molecule has 0 radical (unpaired) electrons. The molecule has 0 bridgehead atoms. The van der Waals surface area contributed by atoms with E-state index in [1.807, 2.05) is 72.4 Å². The molecule has 1 aromatic heterocycles. The number of aromatic nitrogens is 2. The molecule has 6 nitrogen and oxygen atoms in total. The topological polar surface area (TPSA) is 68.2 Å². The summed E-state index contributed by atoms with van der Waals surface area (Å²) >= 11 is 0. The van der Waals surface area contributed by atoms with Crippen LogP contribution < -0.4 is 15.4 Å². The van der Waals surface area contributed by atoms with Gasteiger partial charge in [0.05, 0.1) is 19.2 Å². The van der Waals surface area contributed by atoms with E-state index in [-0.39, 0.29) is 5.91 Å². The van der Waals surface area contributed by atoms with E-state index in [4.69, 9.17) is 9.84 Å². The number of ether oxygens (including phenoxy) is 1. The average molecular weight is 378 g/mol. The highest BCUT2D eigenvalue weighted by Gasteiger charge is 2.18. The number of benzene rings is 2. The van der Waals surface area contributed by atoms with Crippen molar-refractivity contribution in [2.75, 3.05) is 26.7 Å². The fraction of sp³-hybridized carbons (Fsp3) is 0.273. The van der Waals surface area contributed by atoms with Gasteiger partial charge in [-0.1, -0.05) is 37.3 Å². The molecule has 1 amide bonds. The first-order chi connectivity index (χ1) is 13.7. The maximum absolute atomic E-state index is 12.8. The van der Waals surface area contributed by atoms with Gasteiger partial charge in [-0.15, -0.1) is 0 Å². The van der Waals surface area contributed by atoms with E-state index in [9.17, 15) is 4.79 Å². The molecule has 1 heterocycles. The van der Waals surface area contributed by atoms with Crippen molar-refractivity contribution in [3.05, 3.63) is 71.9 Å². The number of nitrogens with one attached hydrogen (secondary N) is 2. The molecule has 2 aromatic carbocycles. The predicted molar refractivity (Wildman–Crippen MR) is 111 cm³/mol. The fourth-order valence-corrected chi connectivity index (χ4v) is 2.94. The minimum Gasteiger partial charge on any atom is -0.497 e. The van der Waals surface area contributed by atoms with Gasteiger partial charge in [0.25, 0.3) is 5.91 Å². The van der Waals surface area contributed by atoms with Crippen molar-refractivity contribution in [3.8, 4) is 17.0 Å². The lowest BCUT2D eigenvalue weighted by atomic mass is 10.1. The molecule has 0 spiro atoms. The van der Waals surface area contributed by atoms with Gasteiger partial charge in [-0.05, 0) is 36.4 Å². The molecule has 28 heavy (non-hydrogen) atoms. The number of carbonyl (C=O) groups excluding carboxylic acids is 1. The Morgan fingerprint density at radius 2 is 1.82 bits per heavy atom. The van der Waals surface area contributed by atoms with Crippen LogP contribution in [0.15, 0.2) is 60.8 Å². The molecule has 3 aromatic rings. The zero-order chi connectivity index (χ0) is 19.8. The highest BCUT2D eigenvalue weighted by molar-refractivity contribution is 5.99. The Kier molecular flexibility index (Phi) is 6.81. The molecular formula is C22H26N4O2. The maximum atomic E-state index is 12.8. The zero-order valence-corrected chi connectivity index (χ0v) is 16.3. The number of amides is 1. The first-order valence-electron chi connectivity index (χ1n) is 9.46. The number of nitrogens with zero attached hydrogens (tertiary/aromatic N) is 2. The lowest BCUT2D eigenvalue weighted by Gasteiger charge is -2.06. The van der Waals surface area contributed by atoms with Crippen LogP contribution >= 0.6 is 0 Å². The number of rotatable bonds is 9. The lowest BCUT2D eigenvalue weighted by molar-refractivity contribution is 0.0954. The minimum absolute atomic E-state index is 0.122. The van der Waals surface area contributed by atoms with Crippen molar-refractivity contribution in [2.24, 2.45) is 0 Å². The number of hydrogen-bond acceptors (Lipinski definition) is 4. The molecule has 6 heteroatoms. The summed E-state index contributed by atoms with van der Waals surface area (Å²) in [5.41, 5.74) is 3.24. The number of methoxy groups -OCH3 is 1. The predicted octanol–water partition coefficient (Wildman–Crippen LogP) is 2.95. The second-order valence-corrected chi connectivity index (χ2v) is 6.41. The average Bonchev–Trinajstić information content (AvgIpc) is 3.16. The van der Waals surface area contributed by atoms with Crippen molar-refractivity contribution >= 4 is 5.91 Å². The van der Waals surface area contributed by atoms with E-state index >= 15 is 0 Å². The summed E-state index contributed by atoms with van der Waals surface area (Å²) in [6.07, 6.45) is 1.81. The Hall–Kier alpha value is -3.12. The molecule has 0 saturated heterocycles. The van der Waals surface area contributed by atoms with Crippen LogP contribution in [0.4, 0.5) is 0 Å². The summed E-state index contributed by atoms with van der Waals surface area (Å²) in [4.78, 5) is 12.8. The van der Waals surface area contributed by atoms with E-state index in [0.29, 0.717) is 24.3 Å². The second-order valence-electron chi connectivity index (χ2n) is 6.41. The first-order valence-corrected chi connectivity index (χ1v) is 9.46. The van der Waals surface area contributed by atoms with Crippen LogP contribution in [0.1, 0.15) is 22.8 Å². The van der Waals surface area contributed by atoms with Gasteiger partial charge in [-0.3, -0.25) is 9.48 Å². The summed E-state index contributed by atoms with van der Waals surface area (Å²) in [6, 6.07) is 17.7. The van der Waals surface area contributed by atoms with Gasteiger partial charge in [0.2, 0.25) is 0 Å². The van der Waals surface area contributed by atoms with Crippen molar-refractivity contribution < 1.29 is 9.53 Å². The van der Waals surface area contributed by atoms with Gasteiger partial charge in [-0.2, -0.15) is 5.10 Å². The third kappa shape index (κ3) is 4.98. The SMILES string of the molecule is CCNCCNC(=O)c1cn(Cc2ccccc2)nc1-c1ccc(OC)cc1. The highest BCUT2D eigenvalue weighted by Crippen LogP contribution is 2.25. The van der Waals surface area contributed by atoms with Gasteiger partial charge in [0, 0.05) is 24.8 Å². The van der Waals surface area contributed by atoms with E-state index in [2.05, 4.69) is 10.6 Å². The molecule has 3 rings (SSSR count). The molecule has 0 aliphatic heterocycles. The molecule has 0 aliphatic carbocycles. The van der Waals surface area contributed by atoms with Crippen LogP contribution in [0, 0.1) is 0 Å². The number of hydrogen-bond donors (Lipinski definition) is 2. The quantitative estimate of drug-likeness (QED) is 0.562. The van der Waals surface area contributed by atoms with Crippen molar-refractivity contribution in [1.29, 1.82) is 0 Å². The maximum Gasteiger partial charge on any atom is 0.255 e. The zero-order valence-electron chi connectivity index (χ0n) is 16.3. The van der Waals surface area contributed by atoms with E-state index in [1.54, 1.807) is 7.11 Å². The van der Waals surface area contributed by atoms with Gasteiger partial charge < -0.3 is 15.4 Å².